The predicted octanol–water partition coefficient (Wildman–Crippen LogP) is 6.46. The minimum absolute atomic E-state index is 0.307. The van der Waals surface area contributed by atoms with Gasteiger partial charge in [0.05, 0.1) is 6.04 Å². The fourth-order valence-electron chi connectivity index (χ4n) is 4.70. The second-order valence-corrected chi connectivity index (χ2v) is 10.7. The molecule has 1 aliphatic carbocycles. The molecule has 0 aromatic heterocycles. The van der Waals surface area contributed by atoms with Gasteiger partial charge in [-0.25, -0.2) is 0 Å². The normalized spacial score (nSPS) is 21.4. The first kappa shape index (κ1) is 23.8. The molecule has 2 aromatic carbocycles. The van der Waals surface area contributed by atoms with E-state index in [1.807, 2.05) is 55.5 Å². The van der Waals surface area contributed by atoms with Crippen LogP contribution in [0, 0.1) is 24.2 Å². The van der Waals surface area contributed by atoms with Crippen molar-refractivity contribution in [2.75, 3.05) is 0 Å². The van der Waals surface area contributed by atoms with Crippen LogP contribution in [0.25, 0.3) is 0 Å². The van der Waals surface area contributed by atoms with E-state index in [0.717, 1.165) is 35.4 Å². The molecule has 0 spiro atoms. The number of benzene rings is 2. The highest BCUT2D eigenvalue weighted by molar-refractivity contribution is 6.30. The predicted molar refractivity (Wildman–Crippen MR) is 128 cm³/mol. The van der Waals surface area contributed by atoms with Gasteiger partial charge in [-0.2, -0.15) is 0 Å². The number of aliphatic hydroxyl groups is 1. The van der Waals surface area contributed by atoms with Crippen LogP contribution in [-0.4, -0.2) is 17.1 Å². The number of hydrogen-bond acceptors (Lipinski definition) is 2. The lowest BCUT2D eigenvalue weighted by atomic mass is 9.69. The Labute approximate surface area is 192 Å². The van der Waals surface area contributed by atoms with Crippen molar-refractivity contribution in [3.05, 3.63) is 70.2 Å². The summed E-state index contributed by atoms with van der Waals surface area (Å²) >= 11 is 6.06. The van der Waals surface area contributed by atoms with Gasteiger partial charge in [0.15, 0.2) is 0 Å². The molecule has 1 aliphatic rings. The van der Waals surface area contributed by atoms with Gasteiger partial charge in [0.25, 0.3) is 0 Å². The standard InChI is InChI=1S/C27H36ClNO2/c1-18-5-9-20(10-6-18)25(21-11-15-23(28)16-12-21)29-26(31)24(30)17-19-7-13-22(14-8-19)27(2,3)4/h5-6,9-12,15-16,19,22,24-25,30H,7-8,13-14,17H2,1-4H3,(H,29,31). The molecule has 2 atom stereocenters. The molecule has 1 fully saturated rings. The summed E-state index contributed by atoms with van der Waals surface area (Å²) in [4.78, 5) is 12.9. The average Bonchev–Trinajstić information content (AvgIpc) is 2.73. The highest BCUT2D eigenvalue weighted by atomic mass is 35.5. The zero-order chi connectivity index (χ0) is 22.6. The Morgan fingerprint density at radius 1 is 1.00 bits per heavy atom. The highest BCUT2D eigenvalue weighted by Crippen LogP contribution is 2.41. The van der Waals surface area contributed by atoms with Crippen molar-refractivity contribution >= 4 is 17.5 Å². The third kappa shape index (κ3) is 6.57. The summed E-state index contributed by atoms with van der Waals surface area (Å²) in [5.74, 6) is 0.830. The molecule has 0 bridgehead atoms. The first-order valence-corrected chi connectivity index (χ1v) is 11.8. The zero-order valence-corrected chi connectivity index (χ0v) is 20.0. The van der Waals surface area contributed by atoms with Crippen molar-refractivity contribution in [2.45, 2.75) is 71.9 Å². The molecule has 4 heteroatoms. The molecule has 31 heavy (non-hydrogen) atoms. The summed E-state index contributed by atoms with van der Waals surface area (Å²) in [7, 11) is 0. The van der Waals surface area contributed by atoms with E-state index in [9.17, 15) is 9.90 Å². The van der Waals surface area contributed by atoms with Crippen molar-refractivity contribution in [1.29, 1.82) is 0 Å². The van der Waals surface area contributed by atoms with Gasteiger partial charge in [-0.1, -0.05) is 87.2 Å². The number of aryl methyl sites for hydroxylation is 1. The van der Waals surface area contributed by atoms with Crippen LogP contribution in [0.4, 0.5) is 0 Å². The highest BCUT2D eigenvalue weighted by Gasteiger charge is 2.32. The lowest BCUT2D eigenvalue weighted by Crippen LogP contribution is -2.39. The van der Waals surface area contributed by atoms with E-state index in [2.05, 4.69) is 26.1 Å². The molecule has 1 saturated carbocycles. The molecule has 2 aromatic rings. The van der Waals surface area contributed by atoms with Crippen molar-refractivity contribution in [1.82, 2.24) is 5.32 Å². The Morgan fingerprint density at radius 2 is 1.52 bits per heavy atom. The number of rotatable bonds is 6. The maximum atomic E-state index is 12.9. The Bertz CT molecular complexity index is 801. The fourth-order valence-corrected chi connectivity index (χ4v) is 4.82. The van der Waals surface area contributed by atoms with E-state index < -0.39 is 6.10 Å². The SMILES string of the molecule is Cc1ccc(C(NC(=O)C(O)CC2CCC(C(C)(C)C)CC2)c2ccc(Cl)cc2)cc1. The van der Waals surface area contributed by atoms with Crippen LogP contribution in [0.1, 0.15) is 75.6 Å². The van der Waals surface area contributed by atoms with Gasteiger partial charge in [0.2, 0.25) is 5.91 Å². The van der Waals surface area contributed by atoms with Gasteiger partial charge in [0.1, 0.15) is 6.10 Å². The van der Waals surface area contributed by atoms with Crippen molar-refractivity contribution in [3.8, 4) is 0 Å². The molecule has 0 radical (unpaired) electrons. The Hall–Kier alpha value is -1.84. The Kier molecular flexibility index (Phi) is 7.82. The molecule has 0 aliphatic heterocycles. The topological polar surface area (TPSA) is 49.3 Å². The summed E-state index contributed by atoms with van der Waals surface area (Å²) in [6, 6.07) is 15.3. The summed E-state index contributed by atoms with van der Waals surface area (Å²) < 4.78 is 0. The van der Waals surface area contributed by atoms with Crippen LogP contribution < -0.4 is 5.32 Å². The zero-order valence-electron chi connectivity index (χ0n) is 19.2. The molecule has 3 nitrogen and oxygen atoms in total. The average molecular weight is 442 g/mol. The van der Waals surface area contributed by atoms with Gasteiger partial charge < -0.3 is 10.4 Å². The number of hydrogen-bond donors (Lipinski definition) is 2. The van der Waals surface area contributed by atoms with E-state index >= 15 is 0 Å². The summed E-state index contributed by atoms with van der Waals surface area (Å²) in [5, 5.41) is 14.4. The number of nitrogens with one attached hydrogen (secondary N) is 1. The third-order valence-electron chi connectivity index (χ3n) is 6.83. The maximum Gasteiger partial charge on any atom is 0.249 e. The van der Waals surface area contributed by atoms with E-state index in [4.69, 9.17) is 11.6 Å². The van der Waals surface area contributed by atoms with Crippen molar-refractivity contribution in [2.24, 2.45) is 17.3 Å². The number of halogens is 1. The van der Waals surface area contributed by atoms with Crippen molar-refractivity contribution < 1.29 is 9.90 Å². The van der Waals surface area contributed by atoms with E-state index in [0.29, 0.717) is 22.8 Å². The van der Waals surface area contributed by atoms with Crippen LogP contribution in [-0.2, 0) is 4.79 Å². The van der Waals surface area contributed by atoms with E-state index in [-0.39, 0.29) is 11.9 Å². The maximum absolute atomic E-state index is 12.9. The molecule has 1 amide bonds. The van der Waals surface area contributed by atoms with Crippen LogP contribution in [0.5, 0.6) is 0 Å². The molecule has 2 N–H and O–H groups in total. The molecular formula is C27H36ClNO2. The molecular weight excluding hydrogens is 406 g/mol. The number of aliphatic hydroxyl groups excluding tert-OH is 1. The Balaban J connectivity index is 1.66. The molecule has 0 saturated heterocycles. The summed E-state index contributed by atoms with van der Waals surface area (Å²) in [6.45, 7) is 8.96. The van der Waals surface area contributed by atoms with Gasteiger partial charge in [0, 0.05) is 5.02 Å². The quantitative estimate of drug-likeness (QED) is 0.540. The van der Waals surface area contributed by atoms with E-state index in [1.54, 1.807) is 0 Å². The van der Waals surface area contributed by atoms with Gasteiger partial charge in [-0.3, -0.25) is 4.79 Å². The van der Waals surface area contributed by atoms with Gasteiger partial charge >= 0.3 is 0 Å². The van der Waals surface area contributed by atoms with Gasteiger partial charge in [-0.05, 0) is 66.7 Å². The first-order chi connectivity index (χ1) is 14.6. The molecule has 168 valence electrons. The molecule has 2 unspecified atom stereocenters. The van der Waals surface area contributed by atoms with Crippen LogP contribution in [0.3, 0.4) is 0 Å². The molecule has 3 rings (SSSR count). The lowest BCUT2D eigenvalue weighted by molar-refractivity contribution is -0.131. The van der Waals surface area contributed by atoms with Crippen LogP contribution >= 0.6 is 11.6 Å². The molecule has 0 heterocycles. The first-order valence-electron chi connectivity index (χ1n) is 11.4. The van der Waals surface area contributed by atoms with Crippen molar-refractivity contribution in [3.63, 3.8) is 0 Å². The second-order valence-electron chi connectivity index (χ2n) is 10.2. The second kappa shape index (κ2) is 10.2. The lowest BCUT2D eigenvalue weighted by Gasteiger charge is -2.37. The van der Waals surface area contributed by atoms with Crippen LogP contribution in [0.2, 0.25) is 5.02 Å². The smallest absolute Gasteiger partial charge is 0.249 e. The number of carbonyl (C=O) groups is 1. The summed E-state index contributed by atoms with van der Waals surface area (Å²) in [5.41, 5.74) is 3.43. The minimum Gasteiger partial charge on any atom is -0.383 e. The Morgan fingerprint density at radius 3 is 2.03 bits per heavy atom. The van der Waals surface area contributed by atoms with Crippen LogP contribution in [0.15, 0.2) is 48.5 Å². The number of carbonyl (C=O) groups excluding carboxylic acids is 1. The summed E-state index contributed by atoms with van der Waals surface area (Å²) in [6.07, 6.45) is 4.08. The third-order valence-corrected chi connectivity index (χ3v) is 7.08. The monoisotopic (exact) mass is 441 g/mol. The fraction of sp³-hybridized carbons (Fsp3) is 0.519. The van der Waals surface area contributed by atoms with Gasteiger partial charge in [-0.15, -0.1) is 0 Å². The van der Waals surface area contributed by atoms with E-state index in [1.165, 1.54) is 12.8 Å². The largest absolute Gasteiger partial charge is 0.383 e. The minimum atomic E-state index is -0.989. The number of amides is 1.